The summed E-state index contributed by atoms with van der Waals surface area (Å²) in [6, 6.07) is 6.23. The zero-order valence-electron chi connectivity index (χ0n) is 11.8. The van der Waals surface area contributed by atoms with E-state index in [0.717, 1.165) is 25.1 Å². The first kappa shape index (κ1) is 13.3. The Labute approximate surface area is 118 Å². The Morgan fingerprint density at radius 2 is 2.35 bits per heavy atom. The van der Waals surface area contributed by atoms with Crippen LogP contribution in [0.1, 0.15) is 36.9 Å². The number of aromatic nitrogens is 2. The van der Waals surface area contributed by atoms with Crippen LogP contribution in [0.3, 0.4) is 0 Å². The van der Waals surface area contributed by atoms with Crippen molar-refractivity contribution < 1.29 is 9.26 Å². The largest absolute Gasteiger partial charge is 0.371 e. The molecule has 1 aromatic heterocycles. The highest BCUT2D eigenvalue weighted by molar-refractivity contribution is 5.61. The fraction of sp³-hybridized carbons (Fsp3) is 0.467. The van der Waals surface area contributed by atoms with Gasteiger partial charge in [0, 0.05) is 18.7 Å². The van der Waals surface area contributed by atoms with Crippen molar-refractivity contribution in [3.05, 3.63) is 35.2 Å². The minimum atomic E-state index is -0.140. The number of ether oxygens (including phenoxy) is 1. The molecule has 0 spiro atoms. The van der Waals surface area contributed by atoms with E-state index in [2.05, 4.69) is 21.5 Å². The summed E-state index contributed by atoms with van der Waals surface area (Å²) in [6.45, 7) is 6.41. The summed E-state index contributed by atoms with van der Waals surface area (Å²) in [7, 11) is 0. The highest BCUT2D eigenvalue weighted by atomic mass is 16.5. The van der Waals surface area contributed by atoms with Gasteiger partial charge in [0.25, 0.3) is 5.89 Å². The van der Waals surface area contributed by atoms with Crippen molar-refractivity contribution in [3.8, 4) is 11.5 Å². The lowest BCUT2D eigenvalue weighted by Crippen LogP contribution is -2.24. The van der Waals surface area contributed by atoms with Gasteiger partial charge in [-0.2, -0.15) is 4.98 Å². The summed E-state index contributed by atoms with van der Waals surface area (Å²) in [5, 5.41) is 7.41. The number of hydrogen-bond acceptors (Lipinski definition) is 5. The van der Waals surface area contributed by atoms with Crippen LogP contribution in [-0.4, -0.2) is 23.3 Å². The quantitative estimate of drug-likeness (QED) is 0.927. The van der Waals surface area contributed by atoms with Crippen molar-refractivity contribution in [3.63, 3.8) is 0 Å². The van der Waals surface area contributed by atoms with Gasteiger partial charge in [0.1, 0.15) is 6.10 Å². The Hall–Kier alpha value is -1.72. The van der Waals surface area contributed by atoms with Gasteiger partial charge in [0.2, 0.25) is 5.82 Å². The van der Waals surface area contributed by atoms with Gasteiger partial charge in [-0.1, -0.05) is 17.3 Å². The molecule has 1 N–H and O–H groups in total. The van der Waals surface area contributed by atoms with Gasteiger partial charge >= 0.3 is 0 Å². The number of benzene rings is 1. The van der Waals surface area contributed by atoms with Crippen LogP contribution in [0.4, 0.5) is 0 Å². The molecule has 1 atom stereocenters. The van der Waals surface area contributed by atoms with E-state index in [-0.39, 0.29) is 6.10 Å². The first-order chi connectivity index (χ1) is 9.79. The molecule has 2 aromatic rings. The lowest BCUT2D eigenvalue weighted by molar-refractivity contribution is 0.0683. The highest BCUT2D eigenvalue weighted by Crippen LogP contribution is 2.28. The summed E-state index contributed by atoms with van der Waals surface area (Å²) < 4.78 is 10.9. The molecule has 0 amide bonds. The number of nitrogens with one attached hydrogen (secondary N) is 1. The van der Waals surface area contributed by atoms with Crippen LogP contribution in [0.2, 0.25) is 0 Å². The molecule has 0 radical (unpaired) electrons. The predicted molar refractivity (Wildman–Crippen MR) is 75.2 cm³/mol. The Morgan fingerprint density at radius 1 is 1.45 bits per heavy atom. The molecule has 3 rings (SSSR count). The third kappa shape index (κ3) is 2.46. The van der Waals surface area contributed by atoms with Gasteiger partial charge in [0.05, 0.1) is 0 Å². The third-order valence-corrected chi connectivity index (χ3v) is 3.59. The van der Waals surface area contributed by atoms with Crippen LogP contribution in [0.25, 0.3) is 11.5 Å². The summed E-state index contributed by atoms with van der Waals surface area (Å²) in [5.74, 6) is 1.19. The Morgan fingerprint density at radius 3 is 3.20 bits per heavy atom. The zero-order chi connectivity index (χ0) is 13.9. The van der Waals surface area contributed by atoms with Gasteiger partial charge in [-0.05, 0) is 44.0 Å². The summed E-state index contributed by atoms with van der Waals surface area (Å²) >= 11 is 0. The number of rotatable bonds is 4. The smallest absolute Gasteiger partial charge is 0.258 e. The second kappa shape index (κ2) is 5.73. The molecule has 1 aliphatic rings. The molecule has 0 aliphatic carbocycles. The number of hydrogen-bond donors (Lipinski definition) is 1. The molecule has 1 unspecified atom stereocenters. The van der Waals surface area contributed by atoms with E-state index in [9.17, 15) is 0 Å². The molecule has 1 aromatic carbocycles. The zero-order valence-corrected chi connectivity index (χ0v) is 11.8. The molecule has 0 saturated carbocycles. The SMILES string of the molecule is CCOC(C)c1noc(-c2cccc3c2CCNC3)n1. The van der Waals surface area contributed by atoms with Crippen LogP contribution in [0.15, 0.2) is 22.7 Å². The average Bonchev–Trinajstić information content (AvgIpc) is 2.97. The average molecular weight is 273 g/mol. The molecule has 5 nitrogen and oxygen atoms in total. The predicted octanol–water partition coefficient (Wildman–Crippen LogP) is 2.48. The van der Waals surface area contributed by atoms with E-state index in [1.54, 1.807) is 0 Å². The monoisotopic (exact) mass is 273 g/mol. The van der Waals surface area contributed by atoms with Crippen LogP contribution < -0.4 is 5.32 Å². The fourth-order valence-corrected chi connectivity index (χ4v) is 2.57. The van der Waals surface area contributed by atoms with E-state index in [1.807, 2.05) is 26.0 Å². The van der Waals surface area contributed by atoms with Gasteiger partial charge in [-0.3, -0.25) is 0 Å². The van der Waals surface area contributed by atoms with E-state index in [4.69, 9.17) is 9.26 Å². The van der Waals surface area contributed by atoms with E-state index >= 15 is 0 Å². The molecule has 106 valence electrons. The number of fused-ring (bicyclic) bond motifs is 1. The summed E-state index contributed by atoms with van der Waals surface area (Å²) in [5.41, 5.74) is 3.67. The highest BCUT2D eigenvalue weighted by Gasteiger charge is 2.19. The maximum Gasteiger partial charge on any atom is 0.258 e. The standard InChI is InChI=1S/C15H19N3O2/c1-3-19-10(2)14-17-15(20-18-14)13-6-4-5-11-9-16-8-7-12(11)13/h4-6,10,16H,3,7-9H2,1-2H3. The van der Waals surface area contributed by atoms with E-state index in [1.165, 1.54) is 11.1 Å². The second-order valence-electron chi connectivity index (χ2n) is 4.93. The van der Waals surface area contributed by atoms with Gasteiger partial charge in [0.15, 0.2) is 0 Å². The van der Waals surface area contributed by atoms with Gasteiger partial charge in [-0.15, -0.1) is 0 Å². The minimum Gasteiger partial charge on any atom is -0.371 e. The van der Waals surface area contributed by atoms with Crippen molar-refractivity contribution in [1.82, 2.24) is 15.5 Å². The first-order valence-corrected chi connectivity index (χ1v) is 7.06. The van der Waals surface area contributed by atoms with Crippen molar-refractivity contribution in [2.45, 2.75) is 32.9 Å². The Balaban J connectivity index is 1.94. The van der Waals surface area contributed by atoms with Crippen LogP contribution in [-0.2, 0) is 17.7 Å². The molecule has 20 heavy (non-hydrogen) atoms. The maximum atomic E-state index is 5.49. The summed E-state index contributed by atoms with van der Waals surface area (Å²) in [4.78, 5) is 4.48. The molecule has 1 aliphatic heterocycles. The third-order valence-electron chi connectivity index (χ3n) is 3.59. The molecule has 5 heteroatoms. The van der Waals surface area contributed by atoms with E-state index in [0.29, 0.717) is 18.3 Å². The van der Waals surface area contributed by atoms with Crippen LogP contribution in [0.5, 0.6) is 0 Å². The Bertz CT molecular complexity index is 595. The van der Waals surface area contributed by atoms with E-state index < -0.39 is 0 Å². The van der Waals surface area contributed by atoms with Gasteiger partial charge in [-0.25, -0.2) is 0 Å². The molecule has 0 fully saturated rings. The fourth-order valence-electron chi connectivity index (χ4n) is 2.57. The number of nitrogens with zero attached hydrogens (tertiary/aromatic N) is 2. The normalized spacial score (nSPS) is 15.9. The topological polar surface area (TPSA) is 60.2 Å². The second-order valence-corrected chi connectivity index (χ2v) is 4.93. The molecular formula is C15H19N3O2. The molecule has 2 heterocycles. The minimum absolute atomic E-state index is 0.140. The van der Waals surface area contributed by atoms with Gasteiger partial charge < -0.3 is 14.6 Å². The molecule has 0 saturated heterocycles. The van der Waals surface area contributed by atoms with Crippen molar-refractivity contribution in [2.75, 3.05) is 13.2 Å². The summed E-state index contributed by atoms with van der Waals surface area (Å²) in [6.07, 6.45) is 0.850. The van der Waals surface area contributed by atoms with Crippen molar-refractivity contribution >= 4 is 0 Å². The Kier molecular flexibility index (Phi) is 3.80. The van der Waals surface area contributed by atoms with Crippen LogP contribution >= 0.6 is 0 Å². The lowest BCUT2D eigenvalue weighted by Gasteiger charge is -2.18. The molecule has 0 bridgehead atoms. The molecular weight excluding hydrogens is 254 g/mol. The first-order valence-electron chi connectivity index (χ1n) is 7.06. The van der Waals surface area contributed by atoms with Crippen molar-refractivity contribution in [1.29, 1.82) is 0 Å². The lowest BCUT2D eigenvalue weighted by atomic mass is 9.95. The van der Waals surface area contributed by atoms with Crippen LogP contribution in [0, 0.1) is 0 Å². The maximum absolute atomic E-state index is 5.49. The van der Waals surface area contributed by atoms with Crippen molar-refractivity contribution in [2.24, 2.45) is 0 Å².